The van der Waals surface area contributed by atoms with Gasteiger partial charge in [0.15, 0.2) is 0 Å². The third kappa shape index (κ3) is 2.56. The number of carbonyl (C=O) groups is 1. The van der Waals surface area contributed by atoms with E-state index in [1.54, 1.807) is 7.11 Å². The van der Waals surface area contributed by atoms with E-state index >= 15 is 0 Å². The Morgan fingerprint density at radius 1 is 1.79 bits per heavy atom. The first-order valence-corrected chi connectivity index (χ1v) is 4.46. The zero-order chi connectivity index (χ0) is 10.6. The van der Waals surface area contributed by atoms with Gasteiger partial charge < -0.3 is 10.1 Å². The van der Waals surface area contributed by atoms with Crippen LogP contribution >= 0.6 is 0 Å². The topological polar surface area (TPSA) is 67.0 Å². The summed E-state index contributed by atoms with van der Waals surface area (Å²) in [4.78, 5) is 11.5. The molecule has 1 heterocycles. The van der Waals surface area contributed by atoms with Crippen LogP contribution in [0.5, 0.6) is 0 Å². The molecular weight excluding hydrogens is 182 g/mol. The van der Waals surface area contributed by atoms with E-state index in [2.05, 4.69) is 15.5 Å². The molecule has 1 rings (SSSR count). The number of aromatic nitrogens is 2. The monoisotopic (exact) mass is 197 g/mol. The molecular formula is C9H15N3O2. The van der Waals surface area contributed by atoms with Crippen molar-refractivity contribution < 1.29 is 9.53 Å². The van der Waals surface area contributed by atoms with E-state index in [1.807, 2.05) is 13.8 Å². The number of ether oxygens (including phenoxy) is 1. The highest BCUT2D eigenvalue weighted by Gasteiger charge is 2.10. The highest BCUT2D eigenvalue weighted by Crippen LogP contribution is 2.01. The molecule has 0 aliphatic heterocycles. The Morgan fingerprint density at radius 2 is 2.50 bits per heavy atom. The van der Waals surface area contributed by atoms with Crippen molar-refractivity contribution in [3.8, 4) is 0 Å². The predicted molar refractivity (Wildman–Crippen MR) is 52.1 cm³/mol. The number of aryl methyl sites for hydroxylation is 1. The lowest BCUT2D eigenvalue weighted by atomic mass is 10.2. The Morgan fingerprint density at radius 3 is 3.00 bits per heavy atom. The number of aromatic amines is 1. The van der Waals surface area contributed by atoms with Gasteiger partial charge in [0.05, 0.1) is 17.9 Å². The van der Waals surface area contributed by atoms with Gasteiger partial charge in [-0.1, -0.05) is 0 Å². The molecule has 0 fully saturated rings. The SMILES string of the molecule is COC(C)CNC(=O)c1cn[nH]c1C. The second kappa shape index (κ2) is 4.76. The van der Waals surface area contributed by atoms with E-state index in [0.29, 0.717) is 12.1 Å². The molecule has 5 nitrogen and oxygen atoms in total. The number of amides is 1. The number of methoxy groups -OCH3 is 1. The third-order valence-electron chi connectivity index (χ3n) is 2.03. The van der Waals surface area contributed by atoms with Crippen molar-refractivity contribution >= 4 is 5.91 Å². The molecule has 78 valence electrons. The van der Waals surface area contributed by atoms with Gasteiger partial charge in [0.1, 0.15) is 0 Å². The van der Waals surface area contributed by atoms with Crippen molar-refractivity contribution in [1.82, 2.24) is 15.5 Å². The van der Waals surface area contributed by atoms with E-state index < -0.39 is 0 Å². The van der Waals surface area contributed by atoms with Gasteiger partial charge in [-0.25, -0.2) is 0 Å². The van der Waals surface area contributed by atoms with Crippen LogP contribution < -0.4 is 5.32 Å². The first-order valence-electron chi connectivity index (χ1n) is 4.46. The van der Waals surface area contributed by atoms with E-state index in [9.17, 15) is 4.79 Å². The zero-order valence-corrected chi connectivity index (χ0v) is 8.63. The summed E-state index contributed by atoms with van der Waals surface area (Å²) in [6, 6.07) is 0. The molecule has 1 aromatic heterocycles. The summed E-state index contributed by atoms with van der Waals surface area (Å²) in [6.45, 7) is 4.20. The minimum Gasteiger partial charge on any atom is -0.380 e. The Kier molecular flexibility index (Phi) is 3.64. The number of hydrogen-bond donors (Lipinski definition) is 2. The number of nitrogens with one attached hydrogen (secondary N) is 2. The van der Waals surface area contributed by atoms with Gasteiger partial charge in [-0.3, -0.25) is 9.89 Å². The average Bonchev–Trinajstić information content (AvgIpc) is 2.60. The molecule has 1 unspecified atom stereocenters. The van der Waals surface area contributed by atoms with Crippen LogP contribution in [0.4, 0.5) is 0 Å². The Labute approximate surface area is 82.8 Å². The molecule has 0 radical (unpaired) electrons. The minimum atomic E-state index is -0.125. The lowest BCUT2D eigenvalue weighted by Gasteiger charge is -2.09. The second-order valence-electron chi connectivity index (χ2n) is 3.17. The molecule has 5 heteroatoms. The van der Waals surface area contributed by atoms with Crippen LogP contribution in [0, 0.1) is 6.92 Å². The number of hydrogen-bond acceptors (Lipinski definition) is 3. The molecule has 0 spiro atoms. The van der Waals surface area contributed by atoms with E-state index in [1.165, 1.54) is 6.20 Å². The van der Waals surface area contributed by atoms with Gasteiger partial charge in [0.2, 0.25) is 0 Å². The Balaban J connectivity index is 2.47. The fraction of sp³-hybridized carbons (Fsp3) is 0.556. The van der Waals surface area contributed by atoms with Crippen molar-refractivity contribution in [3.05, 3.63) is 17.5 Å². The van der Waals surface area contributed by atoms with Crippen molar-refractivity contribution in [3.63, 3.8) is 0 Å². The highest BCUT2D eigenvalue weighted by atomic mass is 16.5. The zero-order valence-electron chi connectivity index (χ0n) is 8.63. The Hall–Kier alpha value is -1.36. The van der Waals surface area contributed by atoms with Crippen LogP contribution in [0.15, 0.2) is 6.20 Å². The lowest BCUT2D eigenvalue weighted by Crippen LogP contribution is -2.31. The smallest absolute Gasteiger partial charge is 0.254 e. The van der Waals surface area contributed by atoms with E-state index in [0.717, 1.165) is 5.69 Å². The largest absolute Gasteiger partial charge is 0.380 e. The number of nitrogens with zero attached hydrogens (tertiary/aromatic N) is 1. The molecule has 14 heavy (non-hydrogen) atoms. The summed E-state index contributed by atoms with van der Waals surface area (Å²) < 4.78 is 5.01. The van der Waals surface area contributed by atoms with Crippen LogP contribution in [0.2, 0.25) is 0 Å². The quantitative estimate of drug-likeness (QED) is 0.737. The third-order valence-corrected chi connectivity index (χ3v) is 2.03. The maximum absolute atomic E-state index is 11.5. The summed E-state index contributed by atoms with van der Waals surface area (Å²) in [5.74, 6) is -0.125. The number of H-pyrrole nitrogens is 1. The van der Waals surface area contributed by atoms with Crippen molar-refractivity contribution in [2.75, 3.05) is 13.7 Å². The standard InChI is InChI=1S/C9H15N3O2/c1-6(14-3)4-10-9(13)8-5-11-12-7(8)2/h5-6H,4H2,1-3H3,(H,10,13)(H,11,12). The molecule has 0 bridgehead atoms. The summed E-state index contributed by atoms with van der Waals surface area (Å²) >= 11 is 0. The van der Waals surface area contributed by atoms with Gasteiger partial charge >= 0.3 is 0 Å². The minimum absolute atomic E-state index is 0.0196. The van der Waals surface area contributed by atoms with Crippen molar-refractivity contribution in [1.29, 1.82) is 0 Å². The van der Waals surface area contributed by atoms with Crippen LogP contribution in [-0.4, -0.2) is 35.9 Å². The van der Waals surface area contributed by atoms with Gasteiger partial charge in [0, 0.05) is 19.3 Å². The van der Waals surface area contributed by atoms with Crippen LogP contribution in [-0.2, 0) is 4.74 Å². The molecule has 1 atom stereocenters. The number of rotatable bonds is 4. The van der Waals surface area contributed by atoms with Crippen molar-refractivity contribution in [2.45, 2.75) is 20.0 Å². The van der Waals surface area contributed by atoms with Gasteiger partial charge in [0.25, 0.3) is 5.91 Å². The van der Waals surface area contributed by atoms with Gasteiger partial charge in [-0.15, -0.1) is 0 Å². The summed E-state index contributed by atoms with van der Waals surface area (Å²) in [5.41, 5.74) is 1.35. The second-order valence-corrected chi connectivity index (χ2v) is 3.17. The normalized spacial score (nSPS) is 12.5. The average molecular weight is 197 g/mol. The van der Waals surface area contributed by atoms with Gasteiger partial charge in [-0.05, 0) is 13.8 Å². The molecule has 1 amide bonds. The Bertz CT molecular complexity index is 309. The molecule has 2 N–H and O–H groups in total. The van der Waals surface area contributed by atoms with Crippen LogP contribution in [0.3, 0.4) is 0 Å². The van der Waals surface area contributed by atoms with E-state index in [4.69, 9.17) is 4.74 Å². The first kappa shape index (κ1) is 10.7. The first-order chi connectivity index (χ1) is 6.65. The molecule has 0 aromatic carbocycles. The summed E-state index contributed by atoms with van der Waals surface area (Å²) in [7, 11) is 1.61. The summed E-state index contributed by atoms with van der Waals surface area (Å²) in [5, 5.41) is 9.23. The fourth-order valence-electron chi connectivity index (χ4n) is 0.995. The highest BCUT2D eigenvalue weighted by molar-refractivity contribution is 5.94. The fourth-order valence-corrected chi connectivity index (χ4v) is 0.995. The van der Waals surface area contributed by atoms with Crippen molar-refractivity contribution in [2.24, 2.45) is 0 Å². The molecule has 0 saturated carbocycles. The van der Waals surface area contributed by atoms with Crippen LogP contribution in [0.1, 0.15) is 23.0 Å². The molecule has 0 aliphatic rings. The lowest BCUT2D eigenvalue weighted by molar-refractivity contribution is 0.0870. The summed E-state index contributed by atoms with van der Waals surface area (Å²) in [6.07, 6.45) is 1.54. The molecule has 0 aliphatic carbocycles. The maximum Gasteiger partial charge on any atom is 0.254 e. The maximum atomic E-state index is 11.5. The van der Waals surface area contributed by atoms with E-state index in [-0.39, 0.29) is 12.0 Å². The van der Waals surface area contributed by atoms with Gasteiger partial charge in [-0.2, -0.15) is 5.10 Å². The predicted octanol–water partition coefficient (Wildman–Crippen LogP) is 0.483. The molecule has 0 saturated heterocycles. The van der Waals surface area contributed by atoms with Crippen LogP contribution in [0.25, 0.3) is 0 Å². The number of carbonyl (C=O) groups excluding carboxylic acids is 1. The molecule has 1 aromatic rings.